The topological polar surface area (TPSA) is 47.3 Å². The summed E-state index contributed by atoms with van der Waals surface area (Å²) in [6.45, 7) is 4.90. The van der Waals surface area contributed by atoms with Crippen molar-refractivity contribution in [2.75, 3.05) is 6.61 Å². The largest absolute Gasteiger partial charge is 0.376 e. The zero-order valence-corrected chi connectivity index (χ0v) is 10.9. The summed E-state index contributed by atoms with van der Waals surface area (Å²) >= 11 is 0. The summed E-state index contributed by atoms with van der Waals surface area (Å²) in [4.78, 5) is 0. The van der Waals surface area contributed by atoms with Gasteiger partial charge in [0.05, 0.1) is 12.1 Å². The Bertz CT molecular complexity index is 411. The van der Waals surface area contributed by atoms with E-state index >= 15 is 0 Å². The molecule has 100 valence electrons. The van der Waals surface area contributed by atoms with Crippen LogP contribution in [0.25, 0.3) is 0 Å². The molecule has 1 aliphatic rings. The maximum Gasteiger partial charge on any atom is 0.123 e. The first-order valence-electron chi connectivity index (χ1n) is 6.44. The van der Waals surface area contributed by atoms with Gasteiger partial charge in [0.1, 0.15) is 5.82 Å². The van der Waals surface area contributed by atoms with Crippen LogP contribution >= 0.6 is 0 Å². The van der Waals surface area contributed by atoms with Crippen LogP contribution in [0.3, 0.4) is 0 Å². The van der Waals surface area contributed by atoms with Gasteiger partial charge in [0.25, 0.3) is 0 Å². The summed E-state index contributed by atoms with van der Waals surface area (Å²) in [5.41, 5.74) is 4.92. The van der Waals surface area contributed by atoms with E-state index < -0.39 is 0 Å². The van der Waals surface area contributed by atoms with E-state index in [-0.39, 0.29) is 18.0 Å². The van der Waals surface area contributed by atoms with Gasteiger partial charge in [-0.25, -0.2) is 4.39 Å². The van der Waals surface area contributed by atoms with Gasteiger partial charge in [0.15, 0.2) is 0 Å². The SMILES string of the molecule is Cc1cc(F)ccc1CC(NN)C1OCCC1C. The molecule has 3 unspecified atom stereocenters. The minimum absolute atomic E-state index is 0.0756. The summed E-state index contributed by atoms with van der Waals surface area (Å²) in [6, 6.07) is 4.96. The Balaban J connectivity index is 2.10. The van der Waals surface area contributed by atoms with Gasteiger partial charge in [-0.15, -0.1) is 0 Å². The summed E-state index contributed by atoms with van der Waals surface area (Å²) in [6.07, 6.45) is 1.97. The number of ether oxygens (including phenoxy) is 1. The van der Waals surface area contributed by atoms with Crippen LogP contribution in [0, 0.1) is 18.7 Å². The van der Waals surface area contributed by atoms with Gasteiger partial charge in [-0.2, -0.15) is 0 Å². The Hall–Kier alpha value is -0.970. The Morgan fingerprint density at radius 2 is 2.33 bits per heavy atom. The Morgan fingerprint density at radius 3 is 2.89 bits per heavy atom. The molecule has 0 radical (unpaired) electrons. The van der Waals surface area contributed by atoms with Gasteiger partial charge in [0, 0.05) is 6.61 Å². The number of benzene rings is 1. The first-order valence-corrected chi connectivity index (χ1v) is 6.44. The molecule has 1 aromatic rings. The van der Waals surface area contributed by atoms with Crippen molar-refractivity contribution in [3.05, 3.63) is 35.1 Å². The number of rotatable bonds is 4. The van der Waals surface area contributed by atoms with E-state index in [0.29, 0.717) is 5.92 Å². The molecule has 0 bridgehead atoms. The maximum atomic E-state index is 13.1. The molecule has 1 fully saturated rings. The number of nitrogens with one attached hydrogen (secondary N) is 1. The molecule has 1 heterocycles. The third kappa shape index (κ3) is 2.88. The van der Waals surface area contributed by atoms with Gasteiger partial charge in [-0.05, 0) is 48.9 Å². The molecule has 18 heavy (non-hydrogen) atoms. The van der Waals surface area contributed by atoms with Crippen LogP contribution in [-0.2, 0) is 11.2 Å². The highest BCUT2D eigenvalue weighted by Gasteiger charge is 2.31. The highest BCUT2D eigenvalue weighted by Crippen LogP contribution is 2.25. The molecule has 0 aromatic heterocycles. The fourth-order valence-electron chi connectivity index (χ4n) is 2.63. The zero-order valence-electron chi connectivity index (χ0n) is 10.9. The lowest BCUT2D eigenvalue weighted by molar-refractivity contribution is 0.0610. The first kappa shape index (κ1) is 13.5. The van der Waals surface area contributed by atoms with Crippen molar-refractivity contribution in [1.29, 1.82) is 0 Å². The highest BCUT2D eigenvalue weighted by atomic mass is 19.1. The van der Waals surface area contributed by atoms with Crippen LogP contribution < -0.4 is 11.3 Å². The molecule has 3 nitrogen and oxygen atoms in total. The Kier molecular flexibility index (Phi) is 4.32. The van der Waals surface area contributed by atoms with Gasteiger partial charge < -0.3 is 4.74 Å². The minimum atomic E-state index is -0.195. The Morgan fingerprint density at radius 1 is 1.56 bits per heavy atom. The molecule has 1 aliphatic heterocycles. The standard InChI is InChI=1S/C14H21FN2O/c1-9-5-6-18-14(9)13(17-16)8-11-3-4-12(15)7-10(11)2/h3-4,7,9,13-14,17H,5-6,8,16H2,1-2H3. The molecular formula is C14H21FN2O. The second kappa shape index (κ2) is 5.78. The van der Waals surface area contributed by atoms with Crippen LogP contribution in [0.15, 0.2) is 18.2 Å². The molecule has 1 aromatic carbocycles. The Labute approximate surface area is 107 Å². The molecule has 0 saturated carbocycles. The van der Waals surface area contributed by atoms with Crippen LogP contribution in [-0.4, -0.2) is 18.8 Å². The van der Waals surface area contributed by atoms with E-state index in [4.69, 9.17) is 10.6 Å². The fraction of sp³-hybridized carbons (Fsp3) is 0.571. The molecule has 1 saturated heterocycles. The van der Waals surface area contributed by atoms with Crippen LogP contribution in [0.5, 0.6) is 0 Å². The monoisotopic (exact) mass is 252 g/mol. The molecule has 3 atom stereocenters. The average molecular weight is 252 g/mol. The first-order chi connectivity index (χ1) is 8.61. The van der Waals surface area contributed by atoms with Gasteiger partial charge in [0.2, 0.25) is 0 Å². The summed E-state index contributed by atoms with van der Waals surface area (Å²) < 4.78 is 18.8. The number of nitrogens with two attached hydrogens (primary N) is 1. The van der Waals surface area contributed by atoms with Crippen molar-refractivity contribution in [2.24, 2.45) is 11.8 Å². The molecular weight excluding hydrogens is 231 g/mol. The maximum absolute atomic E-state index is 13.1. The third-order valence-electron chi connectivity index (χ3n) is 3.80. The lowest BCUT2D eigenvalue weighted by Gasteiger charge is -2.26. The zero-order chi connectivity index (χ0) is 13.1. The number of hydrogen-bond acceptors (Lipinski definition) is 3. The number of hydrazine groups is 1. The lowest BCUT2D eigenvalue weighted by atomic mass is 9.92. The second-order valence-corrected chi connectivity index (χ2v) is 5.15. The molecule has 4 heteroatoms. The summed E-state index contributed by atoms with van der Waals surface area (Å²) in [5, 5.41) is 0. The molecule has 0 amide bonds. The summed E-state index contributed by atoms with van der Waals surface area (Å²) in [5.74, 6) is 5.95. The molecule has 2 rings (SSSR count). The predicted molar refractivity (Wildman–Crippen MR) is 69.5 cm³/mol. The van der Waals surface area contributed by atoms with E-state index in [0.717, 1.165) is 30.6 Å². The average Bonchev–Trinajstić information content (AvgIpc) is 2.75. The van der Waals surface area contributed by atoms with Crippen molar-refractivity contribution in [3.8, 4) is 0 Å². The van der Waals surface area contributed by atoms with E-state index in [1.165, 1.54) is 6.07 Å². The van der Waals surface area contributed by atoms with Crippen molar-refractivity contribution >= 4 is 0 Å². The minimum Gasteiger partial charge on any atom is -0.376 e. The predicted octanol–water partition coefficient (Wildman–Crippen LogP) is 1.93. The quantitative estimate of drug-likeness (QED) is 0.636. The van der Waals surface area contributed by atoms with E-state index in [1.807, 2.05) is 13.0 Å². The fourth-order valence-corrected chi connectivity index (χ4v) is 2.63. The molecule has 3 N–H and O–H groups in total. The van der Waals surface area contributed by atoms with Crippen molar-refractivity contribution in [2.45, 2.75) is 38.8 Å². The second-order valence-electron chi connectivity index (χ2n) is 5.15. The van der Waals surface area contributed by atoms with Gasteiger partial charge >= 0.3 is 0 Å². The third-order valence-corrected chi connectivity index (χ3v) is 3.80. The van der Waals surface area contributed by atoms with Crippen molar-refractivity contribution in [1.82, 2.24) is 5.43 Å². The normalized spacial score (nSPS) is 25.3. The number of hydrogen-bond donors (Lipinski definition) is 2. The highest BCUT2D eigenvalue weighted by molar-refractivity contribution is 5.27. The van der Waals surface area contributed by atoms with Crippen molar-refractivity contribution in [3.63, 3.8) is 0 Å². The van der Waals surface area contributed by atoms with Gasteiger partial charge in [-0.1, -0.05) is 13.0 Å². The van der Waals surface area contributed by atoms with Crippen LogP contribution in [0.4, 0.5) is 4.39 Å². The summed E-state index contributed by atoms with van der Waals surface area (Å²) in [7, 11) is 0. The van der Waals surface area contributed by atoms with Crippen molar-refractivity contribution < 1.29 is 9.13 Å². The van der Waals surface area contributed by atoms with Crippen LogP contribution in [0.2, 0.25) is 0 Å². The molecule has 0 aliphatic carbocycles. The van der Waals surface area contributed by atoms with E-state index in [1.54, 1.807) is 6.07 Å². The lowest BCUT2D eigenvalue weighted by Crippen LogP contribution is -2.47. The van der Waals surface area contributed by atoms with E-state index in [9.17, 15) is 4.39 Å². The molecule has 0 spiro atoms. The van der Waals surface area contributed by atoms with Crippen LogP contribution in [0.1, 0.15) is 24.5 Å². The van der Waals surface area contributed by atoms with Gasteiger partial charge in [-0.3, -0.25) is 11.3 Å². The smallest absolute Gasteiger partial charge is 0.123 e. The number of aryl methyl sites for hydroxylation is 1. The van der Waals surface area contributed by atoms with E-state index in [2.05, 4.69) is 12.3 Å². The number of halogens is 1.